The number of hydrogen-bond acceptors (Lipinski definition) is 3. The molecular formula is C30H32FN5S. The van der Waals surface area contributed by atoms with Gasteiger partial charge in [0.2, 0.25) is 0 Å². The molecule has 0 saturated carbocycles. The lowest BCUT2D eigenvalue weighted by molar-refractivity contribution is 0.556. The SMILES string of the molecule is CCN(CC)c1ccc(-n2c(C)cc(C3C(c4ccccn4)NC(=S)N3c3ccccc3F)c2C)cc1. The van der Waals surface area contributed by atoms with Crippen molar-refractivity contribution in [2.24, 2.45) is 0 Å². The van der Waals surface area contributed by atoms with Crippen molar-refractivity contribution in [2.75, 3.05) is 22.9 Å². The average molecular weight is 514 g/mol. The Bertz CT molecular complexity index is 1400. The van der Waals surface area contributed by atoms with E-state index in [1.807, 2.05) is 29.2 Å². The number of aryl methyl sites for hydroxylation is 1. The summed E-state index contributed by atoms with van der Waals surface area (Å²) in [6.45, 7) is 10.5. The van der Waals surface area contributed by atoms with E-state index >= 15 is 4.39 Å². The Morgan fingerprint density at radius 3 is 2.32 bits per heavy atom. The van der Waals surface area contributed by atoms with Crippen LogP contribution in [0.25, 0.3) is 5.69 Å². The molecule has 1 N–H and O–H groups in total. The van der Waals surface area contributed by atoms with Crippen LogP contribution in [0.5, 0.6) is 0 Å². The van der Waals surface area contributed by atoms with Gasteiger partial charge in [0, 0.05) is 42.0 Å². The first-order valence-corrected chi connectivity index (χ1v) is 13.1. The maximum atomic E-state index is 15.1. The summed E-state index contributed by atoms with van der Waals surface area (Å²) in [4.78, 5) is 8.86. The van der Waals surface area contributed by atoms with E-state index in [-0.39, 0.29) is 17.9 Å². The van der Waals surface area contributed by atoms with Crippen LogP contribution in [0.4, 0.5) is 15.8 Å². The van der Waals surface area contributed by atoms with Crippen LogP contribution in [-0.4, -0.2) is 27.8 Å². The molecule has 2 aromatic carbocycles. The standard InChI is InChI=1S/C30H32FN5S/c1-5-34(6-2)22-14-16-23(17-15-22)35-20(3)19-24(21(35)4)29-28(26-12-9-10-18-32-26)33-30(37)36(29)27-13-8-7-11-25(27)31/h7-19,28-29H,5-6H2,1-4H3,(H,33,37). The van der Waals surface area contributed by atoms with Gasteiger partial charge in [0.15, 0.2) is 5.11 Å². The Balaban J connectivity index is 1.62. The van der Waals surface area contributed by atoms with Crippen molar-refractivity contribution >= 4 is 28.7 Å². The first kappa shape index (κ1) is 25.0. The second-order valence-corrected chi connectivity index (χ2v) is 9.69. The summed E-state index contributed by atoms with van der Waals surface area (Å²) < 4.78 is 17.4. The highest BCUT2D eigenvalue weighted by atomic mass is 32.1. The topological polar surface area (TPSA) is 36.3 Å². The molecule has 2 unspecified atom stereocenters. The number of halogens is 1. The van der Waals surface area contributed by atoms with Gasteiger partial charge in [-0.15, -0.1) is 0 Å². The number of nitrogens with zero attached hydrogens (tertiary/aromatic N) is 4. The Morgan fingerprint density at radius 2 is 1.68 bits per heavy atom. The number of aromatic nitrogens is 2. The van der Waals surface area contributed by atoms with Gasteiger partial charge < -0.3 is 19.7 Å². The Hall–Kier alpha value is -3.71. The summed E-state index contributed by atoms with van der Waals surface area (Å²) in [7, 11) is 0. The lowest BCUT2D eigenvalue weighted by Crippen LogP contribution is -2.30. The van der Waals surface area contributed by atoms with Crippen molar-refractivity contribution in [1.29, 1.82) is 0 Å². The van der Waals surface area contributed by atoms with Crippen molar-refractivity contribution < 1.29 is 4.39 Å². The minimum absolute atomic E-state index is 0.229. The number of hydrogen-bond donors (Lipinski definition) is 1. The predicted molar refractivity (Wildman–Crippen MR) is 153 cm³/mol. The van der Waals surface area contributed by atoms with E-state index in [1.54, 1.807) is 18.3 Å². The monoisotopic (exact) mass is 513 g/mol. The average Bonchev–Trinajstić information content (AvgIpc) is 3.41. The quantitative estimate of drug-likeness (QED) is 0.280. The zero-order valence-corrected chi connectivity index (χ0v) is 22.5. The molecule has 5 rings (SSSR count). The minimum atomic E-state index is -0.306. The summed E-state index contributed by atoms with van der Waals surface area (Å²) in [6, 6.07) is 23.0. The third-order valence-electron chi connectivity index (χ3n) is 7.24. The summed E-state index contributed by atoms with van der Waals surface area (Å²) in [5.41, 5.74) is 6.90. The third-order valence-corrected chi connectivity index (χ3v) is 7.55. The van der Waals surface area contributed by atoms with Gasteiger partial charge in [0.1, 0.15) is 5.82 Å². The van der Waals surface area contributed by atoms with Gasteiger partial charge in [-0.2, -0.15) is 0 Å². The van der Waals surface area contributed by atoms with Crippen LogP contribution in [0.1, 0.15) is 48.6 Å². The maximum absolute atomic E-state index is 15.1. The number of thiocarbonyl (C=S) groups is 1. The molecule has 0 radical (unpaired) electrons. The third kappa shape index (κ3) is 4.48. The van der Waals surface area contributed by atoms with Crippen molar-refractivity contribution in [1.82, 2.24) is 14.9 Å². The van der Waals surface area contributed by atoms with Crippen LogP contribution in [-0.2, 0) is 0 Å². The molecule has 0 spiro atoms. The van der Waals surface area contributed by atoms with E-state index in [9.17, 15) is 0 Å². The number of pyridine rings is 1. The van der Waals surface area contributed by atoms with Gasteiger partial charge in [-0.05, 0) is 100 Å². The van der Waals surface area contributed by atoms with Gasteiger partial charge >= 0.3 is 0 Å². The molecule has 190 valence electrons. The molecule has 5 nitrogen and oxygen atoms in total. The Kier molecular flexibility index (Phi) is 6.98. The number of benzene rings is 2. The van der Waals surface area contributed by atoms with E-state index in [0.717, 1.165) is 41.4 Å². The lowest BCUT2D eigenvalue weighted by atomic mass is 9.96. The van der Waals surface area contributed by atoms with Crippen LogP contribution >= 0.6 is 12.2 Å². The highest BCUT2D eigenvalue weighted by Gasteiger charge is 2.43. The summed E-state index contributed by atoms with van der Waals surface area (Å²) >= 11 is 5.78. The van der Waals surface area contributed by atoms with E-state index in [4.69, 9.17) is 12.2 Å². The van der Waals surface area contributed by atoms with Gasteiger partial charge in [0.25, 0.3) is 0 Å². The molecule has 1 aliphatic rings. The van der Waals surface area contributed by atoms with Crippen molar-refractivity contribution in [2.45, 2.75) is 39.8 Å². The molecule has 1 fully saturated rings. The summed E-state index contributed by atoms with van der Waals surface area (Å²) in [6.07, 6.45) is 1.78. The summed E-state index contributed by atoms with van der Waals surface area (Å²) in [5.74, 6) is -0.306. The van der Waals surface area contributed by atoms with Crippen molar-refractivity contribution in [3.8, 4) is 5.69 Å². The smallest absolute Gasteiger partial charge is 0.174 e. The van der Waals surface area contributed by atoms with Crippen LogP contribution in [0.2, 0.25) is 0 Å². The van der Waals surface area contributed by atoms with Gasteiger partial charge in [-0.1, -0.05) is 18.2 Å². The van der Waals surface area contributed by atoms with E-state index in [0.29, 0.717) is 10.8 Å². The first-order chi connectivity index (χ1) is 17.9. The molecular weight excluding hydrogens is 481 g/mol. The first-order valence-electron chi connectivity index (χ1n) is 12.7. The molecule has 37 heavy (non-hydrogen) atoms. The summed E-state index contributed by atoms with van der Waals surface area (Å²) in [5, 5.41) is 3.92. The minimum Gasteiger partial charge on any atom is -0.372 e. The highest BCUT2D eigenvalue weighted by Crippen LogP contribution is 2.44. The van der Waals surface area contributed by atoms with Crippen molar-refractivity contribution in [3.05, 3.63) is 107 Å². The van der Waals surface area contributed by atoms with Crippen LogP contribution < -0.4 is 15.1 Å². The second kappa shape index (κ2) is 10.3. The molecule has 3 heterocycles. The van der Waals surface area contributed by atoms with Crippen LogP contribution in [0.3, 0.4) is 0 Å². The Labute approximate surface area is 223 Å². The lowest BCUT2D eigenvalue weighted by Gasteiger charge is -2.28. The van der Waals surface area contributed by atoms with Gasteiger partial charge in [-0.25, -0.2) is 4.39 Å². The molecule has 7 heteroatoms. The zero-order valence-electron chi connectivity index (χ0n) is 21.6. The van der Waals surface area contributed by atoms with Gasteiger partial charge in [0.05, 0.1) is 23.5 Å². The van der Waals surface area contributed by atoms with E-state index < -0.39 is 0 Å². The molecule has 2 aromatic heterocycles. The fourth-order valence-corrected chi connectivity index (χ4v) is 5.80. The van der Waals surface area contributed by atoms with Crippen molar-refractivity contribution in [3.63, 3.8) is 0 Å². The molecule has 0 aliphatic carbocycles. The van der Waals surface area contributed by atoms with E-state index in [1.165, 1.54) is 11.8 Å². The van der Waals surface area contributed by atoms with Gasteiger partial charge in [-0.3, -0.25) is 4.98 Å². The Morgan fingerprint density at radius 1 is 0.973 bits per heavy atom. The maximum Gasteiger partial charge on any atom is 0.174 e. The molecule has 0 amide bonds. The normalized spacial score (nSPS) is 17.2. The number of rotatable bonds is 7. The molecule has 1 aliphatic heterocycles. The molecule has 0 bridgehead atoms. The van der Waals surface area contributed by atoms with Crippen LogP contribution in [0, 0.1) is 19.7 Å². The largest absolute Gasteiger partial charge is 0.372 e. The second-order valence-electron chi connectivity index (χ2n) is 9.30. The zero-order chi connectivity index (χ0) is 26.1. The fourth-order valence-electron chi connectivity index (χ4n) is 5.46. The van der Waals surface area contributed by atoms with Crippen LogP contribution in [0.15, 0.2) is 79.0 Å². The molecule has 1 saturated heterocycles. The fraction of sp³-hybridized carbons (Fsp3) is 0.267. The highest BCUT2D eigenvalue weighted by molar-refractivity contribution is 7.80. The molecule has 2 atom stereocenters. The predicted octanol–water partition coefficient (Wildman–Crippen LogP) is 6.65. The molecule has 4 aromatic rings. The van der Waals surface area contributed by atoms with E-state index in [2.05, 4.69) is 77.8 Å². The number of nitrogens with one attached hydrogen (secondary N) is 1. The number of anilines is 2. The number of para-hydroxylation sites is 1.